The molecule has 1 aromatic carbocycles. The van der Waals surface area contributed by atoms with E-state index in [9.17, 15) is 9.59 Å². The molecule has 1 aliphatic rings. The summed E-state index contributed by atoms with van der Waals surface area (Å²) in [6.45, 7) is 0.960. The molecule has 0 aromatic heterocycles. The summed E-state index contributed by atoms with van der Waals surface area (Å²) in [6, 6.07) is 5.10. The Kier molecular flexibility index (Phi) is 3.92. The second-order valence-corrected chi connectivity index (χ2v) is 5.62. The van der Waals surface area contributed by atoms with Crippen molar-refractivity contribution in [3.05, 3.63) is 33.3 Å². The van der Waals surface area contributed by atoms with Crippen LogP contribution in [0.3, 0.4) is 0 Å². The number of carboxylic acids is 1. The van der Waals surface area contributed by atoms with Crippen LogP contribution in [0.15, 0.2) is 22.7 Å². The highest BCUT2D eigenvalue weighted by atomic mass is 79.9. The number of halogens is 2. The minimum Gasteiger partial charge on any atom is -0.481 e. The summed E-state index contributed by atoms with van der Waals surface area (Å²) in [5, 5.41) is 9.05. The largest absolute Gasteiger partial charge is 0.481 e. The van der Waals surface area contributed by atoms with E-state index in [0.29, 0.717) is 23.7 Å². The Hall–Kier alpha value is -1.07. The van der Waals surface area contributed by atoms with Gasteiger partial charge < -0.3 is 10.0 Å². The van der Waals surface area contributed by atoms with Crippen LogP contribution in [0.2, 0.25) is 5.02 Å². The molecule has 0 bridgehead atoms. The van der Waals surface area contributed by atoms with E-state index in [2.05, 4.69) is 15.9 Å². The molecule has 1 heterocycles. The number of hydrogen-bond donors (Lipinski definition) is 1. The third kappa shape index (κ3) is 2.84. The number of benzene rings is 1. The van der Waals surface area contributed by atoms with Gasteiger partial charge in [-0.25, -0.2) is 0 Å². The first-order valence-electron chi connectivity index (χ1n) is 5.43. The molecule has 0 atom stereocenters. The number of nitrogens with zero attached hydrogens (tertiary/aromatic N) is 1. The van der Waals surface area contributed by atoms with Crippen molar-refractivity contribution in [1.82, 2.24) is 4.90 Å². The maximum Gasteiger partial charge on any atom is 0.303 e. The van der Waals surface area contributed by atoms with Crippen molar-refractivity contribution in [2.75, 3.05) is 13.1 Å². The maximum absolute atomic E-state index is 12.1. The zero-order chi connectivity index (χ0) is 13.3. The smallest absolute Gasteiger partial charge is 0.303 e. The number of carbonyl (C=O) groups is 2. The Morgan fingerprint density at radius 2 is 2.11 bits per heavy atom. The predicted octanol–water partition coefficient (Wildman–Crippen LogP) is 2.65. The second kappa shape index (κ2) is 5.28. The van der Waals surface area contributed by atoms with Crippen molar-refractivity contribution >= 4 is 39.4 Å². The summed E-state index contributed by atoms with van der Waals surface area (Å²) in [5.41, 5.74) is 0.444. The van der Waals surface area contributed by atoms with Crippen molar-refractivity contribution in [2.24, 2.45) is 5.92 Å². The SMILES string of the molecule is O=C(O)CC1CN(C(=O)c2cc(Br)ccc2Cl)C1. The van der Waals surface area contributed by atoms with Crippen LogP contribution in [0, 0.1) is 5.92 Å². The van der Waals surface area contributed by atoms with Crippen LogP contribution in [0.25, 0.3) is 0 Å². The van der Waals surface area contributed by atoms with Crippen molar-refractivity contribution in [1.29, 1.82) is 0 Å². The lowest BCUT2D eigenvalue weighted by Gasteiger charge is -2.38. The zero-order valence-corrected chi connectivity index (χ0v) is 11.7. The fraction of sp³-hybridized carbons (Fsp3) is 0.333. The molecular weight excluding hydrogens is 321 g/mol. The van der Waals surface area contributed by atoms with Crippen LogP contribution in [0.5, 0.6) is 0 Å². The highest BCUT2D eigenvalue weighted by Gasteiger charge is 2.33. The first-order chi connectivity index (χ1) is 8.47. The fourth-order valence-corrected chi connectivity index (χ4v) is 2.50. The summed E-state index contributed by atoms with van der Waals surface area (Å²) in [7, 11) is 0. The number of aliphatic carboxylic acids is 1. The fourth-order valence-electron chi connectivity index (χ4n) is 1.94. The standard InChI is InChI=1S/C12H11BrClNO3/c13-8-1-2-10(14)9(4-8)12(18)15-5-7(6-15)3-11(16)17/h1-2,4,7H,3,5-6H2,(H,16,17). The van der Waals surface area contributed by atoms with Gasteiger partial charge in [-0.15, -0.1) is 0 Å². The van der Waals surface area contributed by atoms with E-state index in [1.165, 1.54) is 0 Å². The van der Waals surface area contributed by atoms with E-state index in [4.69, 9.17) is 16.7 Å². The lowest BCUT2D eigenvalue weighted by Crippen LogP contribution is -2.50. The summed E-state index contributed by atoms with van der Waals surface area (Å²) in [6.07, 6.45) is 0.107. The zero-order valence-electron chi connectivity index (χ0n) is 9.40. The van der Waals surface area contributed by atoms with Gasteiger partial charge in [0.25, 0.3) is 5.91 Å². The van der Waals surface area contributed by atoms with Gasteiger partial charge in [0.15, 0.2) is 0 Å². The van der Waals surface area contributed by atoms with Gasteiger partial charge in [0, 0.05) is 23.5 Å². The highest BCUT2D eigenvalue weighted by Crippen LogP contribution is 2.26. The molecular formula is C12H11BrClNO3. The average Bonchev–Trinajstić information content (AvgIpc) is 2.25. The van der Waals surface area contributed by atoms with E-state index in [1.807, 2.05) is 0 Å². The third-order valence-corrected chi connectivity index (χ3v) is 3.69. The van der Waals surface area contributed by atoms with Gasteiger partial charge in [0.05, 0.1) is 17.0 Å². The Labute approximate surface area is 118 Å². The first kappa shape index (κ1) is 13.4. The topological polar surface area (TPSA) is 57.6 Å². The molecule has 1 saturated heterocycles. The average molecular weight is 333 g/mol. The Morgan fingerprint density at radius 1 is 1.44 bits per heavy atom. The summed E-state index contributed by atoms with van der Waals surface area (Å²) >= 11 is 9.27. The van der Waals surface area contributed by atoms with Crippen molar-refractivity contribution < 1.29 is 14.7 Å². The van der Waals surface area contributed by atoms with Gasteiger partial charge in [-0.3, -0.25) is 9.59 Å². The van der Waals surface area contributed by atoms with E-state index in [-0.39, 0.29) is 18.2 Å². The van der Waals surface area contributed by atoms with Crippen molar-refractivity contribution in [3.8, 4) is 0 Å². The molecule has 1 aliphatic heterocycles. The molecule has 1 fully saturated rings. The minimum atomic E-state index is -0.826. The van der Waals surface area contributed by atoms with Gasteiger partial charge in [-0.05, 0) is 18.2 Å². The number of amides is 1. The lowest BCUT2D eigenvalue weighted by molar-refractivity contribution is -0.139. The molecule has 0 spiro atoms. The maximum atomic E-state index is 12.1. The van der Waals surface area contributed by atoms with E-state index in [0.717, 1.165) is 4.47 Å². The molecule has 0 unspecified atom stereocenters. The Morgan fingerprint density at radius 3 is 2.72 bits per heavy atom. The van der Waals surface area contributed by atoms with Crippen molar-refractivity contribution in [2.45, 2.75) is 6.42 Å². The number of hydrogen-bond acceptors (Lipinski definition) is 2. The van der Waals surface area contributed by atoms with Gasteiger partial charge in [0.1, 0.15) is 0 Å². The summed E-state index contributed by atoms with van der Waals surface area (Å²) in [5.74, 6) is -0.923. The minimum absolute atomic E-state index is 0.0531. The Bertz CT molecular complexity index is 500. The molecule has 0 aliphatic carbocycles. The van der Waals surface area contributed by atoms with Gasteiger partial charge in [-0.2, -0.15) is 0 Å². The first-order valence-corrected chi connectivity index (χ1v) is 6.60. The molecule has 96 valence electrons. The Balaban J connectivity index is 2.01. The summed E-state index contributed by atoms with van der Waals surface area (Å²) in [4.78, 5) is 24.2. The summed E-state index contributed by atoms with van der Waals surface area (Å²) < 4.78 is 0.790. The highest BCUT2D eigenvalue weighted by molar-refractivity contribution is 9.10. The molecule has 0 saturated carbocycles. The molecule has 18 heavy (non-hydrogen) atoms. The number of carbonyl (C=O) groups excluding carboxylic acids is 1. The van der Waals surface area contributed by atoms with Gasteiger partial charge in [0.2, 0.25) is 0 Å². The van der Waals surface area contributed by atoms with Crippen LogP contribution < -0.4 is 0 Å². The molecule has 1 aromatic rings. The van der Waals surface area contributed by atoms with Crippen LogP contribution in [0.1, 0.15) is 16.8 Å². The second-order valence-electron chi connectivity index (χ2n) is 4.30. The van der Waals surface area contributed by atoms with Crippen LogP contribution >= 0.6 is 27.5 Å². The van der Waals surface area contributed by atoms with E-state index in [1.54, 1.807) is 23.1 Å². The monoisotopic (exact) mass is 331 g/mol. The van der Waals surface area contributed by atoms with E-state index < -0.39 is 5.97 Å². The normalized spacial score (nSPS) is 15.3. The molecule has 0 radical (unpaired) electrons. The molecule has 4 nitrogen and oxygen atoms in total. The predicted molar refractivity (Wildman–Crippen MR) is 70.8 cm³/mol. The molecule has 1 N–H and O–H groups in total. The molecule has 6 heteroatoms. The van der Waals surface area contributed by atoms with Gasteiger partial charge >= 0.3 is 5.97 Å². The molecule has 2 rings (SSSR count). The lowest BCUT2D eigenvalue weighted by atomic mass is 9.95. The quantitative estimate of drug-likeness (QED) is 0.926. The van der Waals surface area contributed by atoms with Gasteiger partial charge in [-0.1, -0.05) is 27.5 Å². The van der Waals surface area contributed by atoms with E-state index >= 15 is 0 Å². The number of carboxylic acid groups (broad SMARTS) is 1. The van der Waals surface area contributed by atoms with Crippen LogP contribution in [-0.4, -0.2) is 35.0 Å². The number of rotatable bonds is 3. The third-order valence-electron chi connectivity index (χ3n) is 2.87. The van der Waals surface area contributed by atoms with Crippen LogP contribution in [-0.2, 0) is 4.79 Å². The number of likely N-dealkylation sites (tertiary alicyclic amines) is 1. The van der Waals surface area contributed by atoms with Crippen LogP contribution in [0.4, 0.5) is 0 Å². The molecule has 1 amide bonds. The van der Waals surface area contributed by atoms with Crippen molar-refractivity contribution in [3.63, 3.8) is 0 Å².